The lowest BCUT2D eigenvalue weighted by Gasteiger charge is -2.29. The first-order valence-electron chi connectivity index (χ1n) is 9.91. The van der Waals surface area contributed by atoms with E-state index in [0.717, 1.165) is 11.1 Å². The highest BCUT2D eigenvalue weighted by Gasteiger charge is 2.39. The molecule has 3 amide bonds. The Morgan fingerprint density at radius 3 is 2.79 bits per heavy atom. The summed E-state index contributed by atoms with van der Waals surface area (Å²) in [4.78, 5) is 40.0. The van der Waals surface area contributed by atoms with E-state index in [-0.39, 0.29) is 24.8 Å². The number of aliphatic hydroxyl groups is 1. The van der Waals surface area contributed by atoms with E-state index in [9.17, 15) is 14.4 Å². The smallest absolute Gasteiger partial charge is 0.255 e. The molecule has 2 aliphatic rings. The van der Waals surface area contributed by atoms with Gasteiger partial charge in [0.1, 0.15) is 6.04 Å². The predicted octanol–water partition coefficient (Wildman–Crippen LogP) is -0.783. The van der Waals surface area contributed by atoms with Gasteiger partial charge in [0.25, 0.3) is 5.91 Å². The Morgan fingerprint density at radius 2 is 2.07 bits per heavy atom. The third-order valence-corrected chi connectivity index (χ3v) is 5.23. The molecule has 2 aliphatic heterocycles. The number of rotatable bonds is 10. The average Bonchev–Trinajstić information content (AvgIpc) is 3.01. The number of ether oxygens (including phenoxy) is 1. The SMILES string of the molecule is NCCN(CCOCCO)Cc1ccc2c(c1)CN(C1CCC(=O)NC1=O)C2=O. The fourth-order valence-electron chi connectivity index (χ4n) is 3.80. The number of amides is 3. The van der Waals surface area contributed by atoms with Gasteiger partial charge in [-0.1, -0.05) is 12.1 Å². The van der Waals surface area contributed by atoms with Gasteiger partial charge >= 0.3 is 0 Å². The van der Waals surface area contributed by atoms with Gasteiger partial charge in [-0.3, -0.25) is 24.6 Å². The molecule has 1 fully saturated rings. The standard InChI is InChI=1S/C20H28N4O5/c21-5-6-23(7-9-29-10-8-25)12-14-1-2-16-15(11-14)13-24(20(16)28)17-3-4-18(26)22-19(17)27/h1-2,11,17,25H,3-10,12-13,21H2,(H,22,26,27). The molecular formula is C20H28N4O5. The number of hydrogen-bond donors (Lipinski definition) is 3. The van der Waals surface area contributed by atoms with E-state index in [2.05, 4.69) is 10.2 Å². The highest BCUT2D eigenvalue weighted by Crippen LogP contribution is 2.28. The third-order valence-electron chi connectivity index (χ3n) is 5.23. The molecule has 9 heteroatoms. The summed E-state index contributed by atoms with van der Waals surface area (Å²) < 4.78 is 5.34. The van der Waals surface area contributed by atoms with Gasteiger partial charge in [0.2, 0.25) is 11.8 Å². The van der Waals surface area contributed by atoms with Crippen LogP contribution >= 0.6 is 0 Å². The maximum atomic E-state index is 12.8. The number of imide groups is 1. The first kappa shape index (κ1) is 21.4. The molecule has 0 saturated carbocycles. The average molecular weight is 404 g/mol. The lowest BCUT2D eigenvalue weighted by molar-refractivity contribution is -0.136. The highest BCUT2D eigenvalue weighted by molar-refractivity contribution is 6.05. The molecule has 3 rings (SSSR count). The van der Waals surface area contributed by atoms with E-state index in [1.54, 1.807) is 4.90 Å². The molecule has 1 atom stereocenters. The zero-order chi connectivity index (χ0) is 20.8. The quantitative estimate of drug-likeness (QED) is 0.345. The molecule has 158 valence electrons. The van der Waals surface area contributed by atoms with E-state index in [1.807, 2.05) is 18.2 Å². The van der Waals surface area contributed by atoms with Crippen molar-refractivity contribution in [2.45, 2.75) is 32.0 Å². The molecule has 1 unspecified atom stereocenters. The van der Waals surface area contributed by atoms with E-state index in [4.69, 9.17) is 15.6 Å². The maximum Gasteiger partial charge on any atom is 0.255 e. The molecule has 0 spiro atoms. The minimum Gasteiger partial charge on any atom is -0.394 e. The van der Waals surface area contributed by atoms with Crippen LogP contribution in [0.3, 0.4) is 0 Å². The van der Waals surface area contributed by atoms with Gasteiger partial charge in [0.05, 0.1) is 19.8 Å². The van der Waals surface area contributed by atoms with Crippen molar-refractivity contribution < 1.29 is 24.2 Å². The summed E-state index contributed by atoms with van der Waals surface area (Å²) in [6.45, 7) is 3.77. The lowest BCUT2D eigenvalue weighted by atomic mass is 10.0. The Kier molecular flexibility index (Phi) is 7.32. The van der Waals surface area contributed by atoms with Crippen molar-refractivity contribution in [3.8, 4) is 0 Å². The van der Waals surface area contributed by atoms with E-state index < -0.39 is 11.9 Å². The van der Waals surface area contributed by atoms with Crippen molar-refractivity contribution >= 4 is 17.7 Å². The van der Waals surface area contributed by atoms with Crippen LogP contribution in [0.4, 0.5) is 0 Å². The normalized spacial score (nSPS) is 19.1. The van der Waals surface area contributed by atoms with Gasteiger partial charge in [-0.25, -0.2) is 0 Å². The number of piperidine rings is 1. The van der Waals surface area contributed by atoms with Gasteiger partial charge in [0, 0.05) is 44.7 Å². The largest absolute Gasteiger partial charge is 0.394 e. The fraction of sp³-hybridized carbons (Fsp3) is 0.550. The summed E-state index contributed by atoms with van der Waals surface area (Å²) >= 11 is 0. The van der Waals surface area contributed by atoms with Crippen LogP contribution in [0.1, 0.15) is 34.3 Å². The van der Waals surface area contributed by atoms with Crippen molar-refractivity contribution in [3.63, 3.8) is 0 Å². The van der Waals surface area contributed by atoms with E-state index >= 15 is 0 Å². The Bertz CT molecular complexity index is 769. The van der Waals surface area contributed by atoms with Crippen molar-refractivity contribution in [3.05, 3.63) is 34.9 Å². The minimum atomic E-state index is -0.603. The van der Waals surface area contributed by atoms with Crippen LogP contribution in [0.5, 0.6) is 0 Å². The van der Waals surface area contributed by atoms with Crippen LogP contribution in [-0.2, 0) is 27.4 Å². The Labute approximate surface area is 169 Å². The van der Waals surface area contributed by atoms with Gasteiger partial charge < -0.3 is 20.5 Å². The molecule has 0 radical (unpaired) electrons. The molecule has 1 aromatic carbocycles. The van der Waals surface area contributed by atoms with Crippen LogP contribution in [0.25, 0.3) is 0 Å². The summed E-state index contributed by atoms with van der Waals surface area (Å²) in [5.74, 6) is -0.863. The predicted molar refractivity (Wildman–Crippen MR) is 105 cm³/mol. The Balaban J connectivity index is 1.65. The van der Waals surface area contributed by atoms with Gasteiger partial charge in [-0.15, -0.1) is 0 Å². The molecule has 0 aliphatic carbocycles. The summed E-state index contributed by atoms with van der Waals surface area (Å²) in [5.41, 5.74) is 8.26. The lowest BCUT2D eigenvalue weighted by Crippen LogP contribution is -2.52. The van der Waals surface area contributed by atoms with E-state index in [1.165, 1.54) is 0 Å². The van der Waals surface area contributed by atoms with Gasteiger partial charge in [-0.2, -0.15) is 0 Å². The molecule has 1 aromatic rings. The number of hydrogen-bond acceptors (Lipinski definition) is 7. The Hall–Kier alpha value is -2.33. The second kappa shape index (κ2) is 9.93. The van der Waals surface area contributed by atoms with Gasteiger partial charge in [-0.05, 0) is 23.6 Å². The zero-order valence-corrected chi connectivity index (χ0v) is 16.4. The number of nitrogens with one attached hydrogen (secondary N) is 1. The molecule has 0 aromatic heterocycles. The zero-order valence-electron chi connectivity index (χ0n) is 16.4. The molecular weight excluding hydrogens is 376 g/mol. The van der Waals surface area contributed by atoms with E-state index in [0.29, 0.717) is 57.9 Å². The van der Waals surface area contributed by atoms with Crippen molar-refractivity contribution in [2.24, 2.45) is 5.73 Å². The summed E-state index contributed by atoms with van der Waals surface area (Å²) in [6, 6.07) is 5.12. The minimum absolute atomic E-state index is 0.000578. The number of nitrogens with two attached hydrogens (primary N) is 1. The number of benzene rings is 1. The monoisotopic (exact) mass is 404 g/mol. The topological polar surface area (TPSA) is 125 Å². The molecule has 2 heterocycles. The van der Waals surface area contributed by atoms with Crippen LogP contribution < -0.4 is 11.1 Å². The van der Waals surface area contributed by atoms with Crippen molar-refractivity contribution in [2.75, 3.05) is 39.5 Å². The fourth-order valence-corrected chi connectivity index (χ4v) is 3.80. The van der Waals surface area contributed by atoms with Gasteiger partial charge in [0.15, 0.2) is 0 Å². The van der Waals surface area contributed by atoms with Crippen molar-refractivity contribution in [1.29, 1.82) is 0 Å². The second-order valence-electron chi connectivity index (χ2n) is 7.29. The molecule has 0 bridgehead atoms. The Morgan fingerprint density at radius 1 is 1.24 bits per heavy atom. The van der Waals surface area contributed by atoms with Crippen molar-refractivity contribution in [1.82, 2.24) is 15.1 Å². The summed E-state index contributed by atoms with van der Waals surface area (Å²) in [7, 11) is 0. The third kappa shape index (κ3) is 5.18. The molecule has 9 nitrogen and oxygen atoms in total. The summed E-state index contributed by atoms with van der Waals surface area (Å²) in [6.07, 6.45) is 0.601. The number of fused-ring (bicyclic) bond motifs is 1. The number of carbonyl (C=O) groups excluding carboxylic acids is 3. The second-order valence-corrected chi connectivity index (χ2v) is 7.29. The van der Waals surface area contributed by atoms with Crippen LogP contribution in [0.15, 0.2) is 18.2 Å². The maximum absolute atomic E-state index is 12.8. The molecule has 29 heavy (non-hydrogen) atoms. The highest BCUT2D eigenvalue weighted by atomic mass is 16.5. The number of carbonyl (C=O) groups is 3. The number of aliphatic hydroxyl groups excluding tert-OH is 1. The summed E-state index contributed by atoms with van der Waals surface area (Å²) in [5, 5.41) is 11.1. The molecule has 4 N–H and O–H groups in total. The van der Waals surface area contributed by atoms with Crippen LogP contribution in [0.2, 0.25) is 0 Å². The molecule has 1 saturated heterocycles. The first-order valence-corrected chi connectivity index (χ1v) is 9.91. The van der Waals surface area contributed by atoms with Crippen LogP contribution in [0, 0.1) is 0 Å². The first-order chi connectivity index (χ1) is 14.0. The number of nitrogens with zero attached hydrogens (tertiary/aromatic N) is 2. The van der Waals surface area contributed by atoms with Crippen LogP contribution in [-0.4, -0.2) is 78.1 Å².